The van der Waals surface area contributed by atoms with Gasteiger partial charge in [0.05, 0.1) is 0 Å². The van der Waals surface area contributed by atoms with E-state index in [1.807, 2.05) is 13.8 Å². The summed E-state index contributed by atoms with van der Waals surface area (Å²) in [5.41, 5.74) is 0. The number of hydrogen-bond donors (Lipinski definition) is 2. The molecule has 0 aliphatic carbocycles. The summed E-state index contributed by atoms with van der Waals surface area (Å²) < 4.78 is 0. The highest BCUT2D eigenvalue weighted by Gasteiger charge is 2.16. The zero-order chi connectivity index (χ0) is 13.0. The first-order valence-corrected chi connectivity index (χ1v) is 5.78. The summed E-state index contributed by atoms with van der Waals surface area (Å²) in [5, 5.41) is 12.7. The molecule has 94 valence electrons. The smallest absolute Gasteiger partial charge is 0.245 e. The van der Waals surface area contributed by atoms with E-state index >= 15 is 0 Å². The van der Waals surface area contributed by atoms with E-state index in [2.05, 4.69) is 25.8 Å². The average molecular weight is 278 g/mol. The number of carbonyl (C=O) groups is 1. The van der Waals surface area contributed by atoms with Gasteiger partial charge >= 0.3 is 0 Å². The van der Waals surface area contributed by atoms with Gasteiger partial charge in [-0.15, -0.1) is 10.2 Å². The Morgan fingerprint density at radius 2 is 1.88 bits per heavy atom. The topological polar surface area (TPSA) is 79.8 Å². The molecule has 0 saturated heterocycles. The Hall–Kier alpha value is -1.14. The molecule has 8 heteroatoms. The van der Waals surface area contributed by atoms with Crippen molar-refractivity contribution in [2.24, 2.45) is 0 Å². The van der Waals surface area contributed by atoms with E-state index in [1.165, 1.54) is 0 Å². The van der Waals surface area contributed by atoms with Crippen LogP contribution >= 0.6 is 23.2 Å². The molecular formula is C9H13Cl2N5O. The van der Waals surface area contributed by atoms with E-state index in [0.717, 1.165) is 0 Å². The van der Waals surface area contributed by atoms with Gasteiger partial charge in [0.1, 0.15) is 6.04 Å². The number of nitrogens with zero attached hydrogens (tertiary/aromatic N) is 3. The first kappa shape index (κ1) is 13.9. The van der Waals surface area contributed by atoms with Crippen LogP contribution in [0.1, 0.15) is 20.8 Å². The van der Waals surface area contributed by atoms with Gasteiger partial charge in [0, 0.05) is 6.04 Å². The lowest BCUT2D eigenvalue weighted by Crippen LogP contribution is -2.41. The second kappa shape index (κ2) is 5.97. The molecule has 1 unspecified atom stereocenters. The highest BCUT2D eigenvalue weighted by molar-refractivity contribution is 6.32. The molecule has 1 heterocycles. The zero-order valence-electron chi connectivity index (χ0n) is 9.66. The molecule has 0 aromatic carbocycles. The normalized spacial score (nSPS) is 12.4. The Labute approximate surface area is 109 Å². The van der Waals surface area contributed by atoms with Gasteiger partial charge in [0.25, 0.3) is 0 Å². The summed E-state index contributed by atoms with van der Waals surface area (Å²) in [7, 11) is 0. The maximum absolute atomic E-state index is 11.6. The number of rotatable bonds is 4. The first-order valence-electron chi connectivity index (χ1n) is 5.02. The third-order valence-electron chi connectivity index (χ3n) is 1.80. The SMILES string of the molecule is CC(C)NC(=O)C(C)Nc1nc(Cl)nnc1Cl. The molecule has 1 aromatic rings. The molecule has 0 aliphatic heterocycles. The molecule has 1 amide bonds. The largest absolute Gasteiger partial charge is 0.356 e. The zero-order valence-corrected chi connectivity index (χ0v) is 11.2. The third-order valence-corrected chi connectivity index (χ3v) is 2.21. The molecular weight excluding hydrogens is 265 g/mol. The third kappa shape index (κ3) is 4.32. The van der Waals surface area contributed by atoms with E-state index in [9.17, 15) is 4.79 Å². The van der Waals surface area contributed by atoms with Crippen molar-refractivity contribution in [2.75, 3.05) is 5.32 Å². The highest BCUT2D eigenvalue weighted by atomic mass is 35.5. The summed E-state index contributed by atoms with van der Waals surface area (Å²) in [4.78, 5) is 15.5. The molecule has 0 aliphatic rings. The van der Waals surface area contributed by atoms with Gasteiger partial charge in [-0.3, -0.25) is 4.79 Å². The number of amides is 1. The van der Waals surface area contributed by atoms with Crippen molar-refractivity contribution in [1.82, 2.24) is 20.5 Å². The van der Waals surface area contributed by atoms with Crippen LogP contribution in [0.3, 0.4) is 0 Å². The van der Waals surface area contributed by atoms with Crippen molar-refractivity contribution in [3.63, 3.8) is 0 Å². The lowest BCUT2D eigenvalue weighted by atomic mass is 10.3. The lowest BCUT2D eigenvalue weighted by Gasteiger charge is -2.16. The fraction of sp³-hybridized carbons (Fsp3) is 0.556. The number of hydrogen-bond acceptors (Lipinski definition) is 5. The Bertz CT molecular complexity index is 412. The fourth-order valence-electron chi connectivity index (χ4n) is 1.07. The quantitative estimate of drug-likeness (QED) is 0.872. The maximum atomic E-state index is 11.6. The van der Waals surface area contributed by atoms with E-state index in [-0.39, 0.29) is 28.2 Å². The van der Waals surface area contributed by atoms with Crippen LogP contribution in [-0.4, -0.2) is 33.2 Å². The van der Waals surface area contributed by atoms with Crippen LogP contribution in [0.15, 0.2) is 0 Å². The van der Waals surface area contributed by atoms with Crippen LogP contribution in [0, 0.1) is 0 Å². The number of anilines is 1. The second-order valence-corrected chi connectivity index (χ2v) is 4.45. The van der Waals surface area contributed by atoms with Crippen molar-refractivity contribution in [3.05, 3.63) is 10.4 Å². The van der Waals surface area contributed by atoms with Crippen molar-refractivity contribution < 1.29 is 4.79 Å². The van der Waals surface area contributed by atoms with Gasteiger partial charge in [0.15, 0.2) is 11.0 Å². The molecule has 6 nitrogen and oxygen atoms in total. The molecule has 1 aromatic heterocycles. The second-order valence-electron chi connectivity index (χ2n) is 3.75. The first-order chi connectivity index (χ1) is 7.90. The van der Waals surface area contributed by atoms with Crippen molar-refractivity contribution in [1.29, 1.82) is 0 Å². The molecule has 1 atom stereocenters. The molecule has 17 heavy (non-hydrogen) atoms. The van der Waals surface area contributed by atoms with Crippen molar-refractivity contribution in [2.45, 2.75) is 32.9 Å². The van der Waals surface area contributed by atoms with Crippen molar-refractivity contribution >= 4 is 34.9 Å². The minimum atomic E-state index is -0.498. The predicted octanol–water partition coefficient (Wildman–Crippen LogP) is 1.50. The van der Waals surface area contributed by atoms with Crippen LogP contribution in [0.25, 0.3) is 0 Å². The van der Waals surface area contributed by atoms with E-state index < -0.39 is 6.04 Å². The monoisotopic (exact) mass is 277 g/mol. The molecule has 0 spiro atoms. The van der Waals surface area contributed by atoms with Crippen LogP contribution in [-0.2, 0) is 4.79 Å². The number of aromatic nitrogens is 3. The number of nitrogens with one attached hydrogen (secondary N) is 2. The molecule has 1 rings (SSSR count). The predicted molar refractivity (Wildman–Crippen MR) is 66.2 cm³/mol. The summed E-state index contributed by atoms with van der Waals surface area (Å²) in [6, 6.07) is -0.433. The summed E-state index contributed by atoms with van der Waals surface area (Å²) in [5.74, 6) is 0.0730. The van der Waals surface area contributed by atoms with E-state index in [0.29, 0.717) is 0 Å². The Balaban J connectivity index is 2.70. The van der Waals surface area contributed by atoms with Gasteiger partial charge in [0.2, 0.25) is 11.2 Å². The highest BCUT2D eigenvalue weighted by Crippen LogP contribution is 2.17. The fourth-order valence-corrected chi connectivity index (χ4v) is 1.32. The summed E-state index contributed by atoms with van der Waals surface area (Å²) >= 11 is 11.3. The summed E-state index contributed by atoms with van der Waals surface area (Å²) in [6.45, 7) is 5.44. The maximum Gasteiger partial charge on any atom is 0.245 e. The van der Waals surface area contributed by atoms with Gasteiger partial charge in [-0.25, -0.2) is 0 Å². The van der Waals surface area contributed by atoms with Gasteiger partial charge in [-0.05, 0) is 32.4 Å². The molecule has 0 fully saturated rings. The Kier molecular flexibility index (Phi) is 4.89. The van der Waals surface area contributed by atoms with Crippen LogP contribution in [0.2, 0.25) is 10.4 Å². The van der Waals surface area contributed by atoms with Gasteiger partial charge in [-0.2, -0.15) is 4.98 Å². The minimum absolute atomic E-state index is 0.0339. The molecule has 0 radical (unpaired) electrons. The van der Waals surface area contributed by atoms with Crippen LogP contribution in [0.5, 0.6) is 0 Å². The van der Waals surface area contributed by atoms with Gasteiger partial charge in [-0.1, -0.05) is 11.6 Å². The molecule has 2 N–H and O–H groups in total. The molecule has 0 saturated carbocycles. The number of carbonyl (C=O) groups excluding carboxylic acids is 1. The standard InChI is InChI=1S/C9H13Cl2N5O/c1-4(2)12-8(17)5(3)13-7-6(10)15-16-9(11)14-7/h4-5H,1-3H3,(H,12,17)(H,13,14,16). The van der Waals surface area contributed by atoms with E-state index in [1.54, 1.807) is 6.92 Å². The van der Waals surface area contributed by atoms with Gasteiger partial charge < -0.3 is 10.6 Å². The lowest BCUT2D eigenvalue weighted by molar-refractivity contribution is -0.122. The minimum Gasteiger partial charge on any atom is -0.356 e. The Morgan fingerprint density at radius 1 is 1.24 bits per heavy atom. The van der Waals surface area contributed by atoms with E-state index in [4.69, 9.17) is 23.2 Å². The van der Waals surface area contributed by atoms with Crippen LogP contribution in [0.4, 0.5) is 5.82 Å². The molecule has 0 bridgehead atoms. The van der Waals surface area contributed by atoms with Crippen molar-refractivity contribution in [3.8, 4) is 0 Å². The summed E-state index contributed by atoms with van der Waals surface area (Å²) in [6.07, 6.45) is 0. The number of halogens is 2. The van der Waals surface area contributed by atoms with Crippen LogP contribution < -0.4 is 10.6 Å². The Morgan fingerprint density at radius 3 is 2.47 bits per heavy atom. The average Bonchev–Trinajstić information content (AvgIpc) is 2.22.